The third kappa shape index (κ3) is 8.66. The molecule has 1 fully saturated rings. The summed E-state index contributed by atoms with van der Waals surface area (Å²) < 4.78 is 0. The van der Waals surface area contributed by atoms with E-state index in [9.17, 15) is 9.90 Å². The molecule has 0 saturated heterocycles. The highest BCUT2D eigenvalue weighted by Gasteiger charge is 2.41. The molecule has 1 saturated carbocycles. The second-order valence-corrected chi connectivity index (χ2v) is 13.9. The SMILES string of the molecule is C=C/C(C(=C)N)=C(C)/C(C)=C/C1=NC(=C2\C(C)C(=C)C(/C(C)=C(\N)C/C(C)=C(CCC)/C(C)=C(\C)C(=C)C)C2C)/C(CCC(=O)O)=C1C. The maximum absolute atomic E-state index is 11.7. The summed E-state index contributed by atoms with van der Waals surface area (Å²) in [6.07, 6.45) is 6.97. The molecule has 2 rings (SSSR count). The molecule has 1 aliphatic heterocycles. The Balaban J connectivity index is 2.73. The Morgan fingerprint density at radius 1 is 0.979 bits per heavy atom. The normalized spacial score (nSPS) is 23.7. The van der Waals surface area contributed by atoms with Crippen molar-refractivity contribution in [1.29, 1.82) is 0 Å². The molecule has 3 atom stereocenters. The van der Waals surface area contributed by atoms with Crippen molar-refractivity contribution in [3.8, 4) is 0 Å². The zero-order valence-electron chi connectivity index (χ0n) is 31.7. The Morgan fingerprint density at radius 2 is 1.58 bits per heavy atom. The van der Waals surface area contributed by atoms with E-state index in [1.165, 1.54) is 27.9 Å². The fourth-order valence-electron chi connectivity index (χ4n) is 7.26. The van der Waals surface area contributed by atoms with Crippen LogP contribution in [0.15, 0.2) is 133 Å². The summed E-state index contributed by atoms with van der Waals surface area (Å²) in [6.45, 7) is 40.0. The number of hydrogen-bond donors (Lipinski definition) is 3. The van der Waals surface area contributed by atoms with Crippen molar-refractivity contribution in [1.82, 2.24) is 0 Å². The molecular formula is C43H61N3O2. The number of allylic oxidation sites excluding steroid dienone is 14. The number of carboxylic acids is 1. The second-order valence-electron chi connectivity index (χ2n) is 13.9. The molecule has 48 heavy (non-hydrogen) atoms. The maximum Gasteiger partial charge on any atom is 0.303 e. The number of carbonyl (C=O) groups is 1. The van der Waals surface area contributed by atoms with E-state index in [4.69, 9.17) is 16.5 Å². The summed E-state index contributed by atoms with van der Waals surface area (Å²) in [5.41, 5.74) is 30.5. The first-order valence-electron chi connectivity index (χ1n) is 17.2. The molecule has 5 nitrogen and oxygen atoms in total. The van der Waals surface area contributed by atoms with Gasteiger partial charge in [-0.2, -0.15) is 0 Å². The summed E-state index contributed by atoms with van der Waals surface area (Å²) in [5.74, 6) is -0.601. The number of nitrogens with two attached hydrogens (primary N) is 2. The van der Waals surface area contributed by atoms with Crippen molar-refractivity contribution in [2.24, 2.45) is 34.2 Å². The first-order valence-corrected chi connectivity index (χ1v) is 17.2. The fourth-order valence-corrected chi connectivity index (χ4v) is 7.26. The van der Waals surface area contributed by atoms with Gasteiger partial charge in [-0.15, -0.1) is 0 Å². The quantitative estimate of drug-likeness (QED) is 0.128. The van der Waals surface area contributed by atoms with E-state index in [-0.39, 0.29) is 24.2 Å². The molecule has 2 aliphatic rings. The standard InChI is InChI=1S/C43H61N3O2/c1-16-18-36(28(9)26(7)23(3)4)25(6)21-38(45)32(13)41-29(10)30(11)42(33(41)14)43-37(19-20-40(47)48)31(12)39(46-43)22-24(5)27(8)35(17-2)34(15)44/h17,22,30,33,41H,2-3,10,15-16,18-21,44-45H2,1,4-9,11-14H3,(H,47,48)/b24-22+,28-26+,35-27-,36-25+,38-32-,43-42+. The molecule has 0 aromatic carbocycles. The van der Waals surface area contributed by atoms with Gasteiger partial charge in [0.05, 0.1) is 11.4 Å². The van der Waals surface area contributed by atoms with Gasteiger partial charge in [-0.25, -0.2) is 4.99 Å². The summed E-state index contributed by atoms with van der Waals surface area (Å²) in [7, 11) is 0. The van der Waals surface area contributed by atoms with E-state index in [0.29, 0.717) is 18.5 Å². The van der Waals surface area contributed by atoms with Gasteiger partial charge in [-0.3, -0.25) is 4.79 Å². The summed E-state index contributed by atoms with van der Waals surface area (Å²) in [6, 6.07) is 0. The molecule has 1 heterocycles. The van der Waals surface area contributed by atoms with Crippen LogP contribution in [0.3, 0.4) is 0 Å². The lowest BCUT2D eigenvalue weighted by Gasteiger charge is -2.22. The van der Waals surface area contributed by atoms with Gasteiger partial charge < -0.3 is 16.6 Å². The van der Waals surface area contributed by atoms with Crippen molar-refractivity contribution in [3.63, 3.8) is 0 Å². The highest BCUT2D eigenvalue weighted by molar-refractivity contribution is 6.12. The topological polar surface area (TPSA) is 102 Å². The van der Waals surface area contributed by atoms with Crippen LogP contribution in [0.25, 0.3) is 0 Å². The van der Waals surface area contributed by atoms with E-state index in [1.54, 1.807) is 6.08 Å². The predicted molar refractivity (Wildman–Crippen MR) is 207 cm³/mol. The molecule has 0 aromatic rings. The van der Waals surface area contributed by atoms with E-state index >= 15 is 0 Å². The lowest BCUT2D eigenvalue weighted by atomic mass is 9.83. The first-order chi connectivity index (χ1) is 22.3. The largest absolute Gasteiger partial charge is 0.481 e. The number of aliphatic carboxylic acids is 1. The van der Waals surface area contributed by atoms with Gasteiger partial charge in [0.25, 0.3) is 0 Å². The highest BCUT2D eigenvalue weighted by atomic mass is 16.4. The molecule has 5 N–H and O–H groups in total. The van der Waals surface area contributed by atoms with Crippen LogP contribution in [0.1, 0.15) is 108 Å². The summed E-state index contributed by atoms with van der Waals surface area (Å²) >= 11 is 0. The van der Waals surface area contributed by atoms with Crippen LogP contribution in [0.4, 0.5) is 0 Å². The third-order valence-corrected chi connectivity index (χ3v) is 10.6. The Hall–Kier alpha value is -4.12. The Morgan fingerprint density at radius 3 is 2.08 bits per heavy atom. The van der Waals surface area contributed by atoms with Crippen molar-refractivity contribution in [3.05, 3.63) is 128 Å². The van der Waals surface area contributed by atoms with Gasteiger partial charge in [-0.05, 0) is 136 Å². The van der Waals surface area contributed by atoms with Crippen LogP contribution in [0.5, 0.6) is 0 Å². The molecule has 0 bridgehead atoms. The Kier molecular flexibility index (Phi) is 14.0. The molecule has 260 valence electrons. The minimum absolute atomic E-state index is 0.0327. The zero-order valence-corrected chi connectivity index (χ0v) is 31.7. The van der Waals surface area contributed by atoms with E-state index in [2.05, 4.69) is 87.8 Å². The van der Waals surface area contributed by atoms with Gasteiger partial charge in [0.15, 0.2) is 0 Å². The molecule has 0 amide bonds. The van der Waals surface area contributed by atoms with Crippen molar-refractivity contribution < 1.29 is 9.90 Å². The summed E-state index contributed by atoms with van der Waals surface area (Å²) in [5, 5.41) is 9.63. The minimum atomic E-state index is -0.827. The van der Waals surface area contributed by atoms with Crippen molar-refractivity contribution in [2.75, 3.05) is 0 Å². The Labute approximate surface area is 291 Å². The number of aliphatic imine (C=N–C) groups is 1. The maximum atomic E-state index is 11.7. The average Bonchev–Trinajstić information content (AvgIpc) is 3.42. The average molecular weight is 652 g/mol. The first kappa shape index (κ1) is 40.1. The van der Waals surface area contributed by atoms with Crippen molar-refractivity contribution in [2.45, 2.75) is 108 Å². The number of rotatable bonds is 14. The lowest BCUT2D eigenvalue weighted by molar-refractivity contribution is -0.136. The molecule has 0 spiro atoms. The molecule has 3 unspecified atom stereocenters. The Bertz CT molecular complexity index is 1660. The van der Waals surface area contributed by atoms with E-state index in [0.717, 1.165) is 74.5 Å². The number of hydrogen-bond acceptors (Lipinski definition) is 4. The third-order valence-electron chi connectivity index (χ3n) is 10.6. The smallest absolute Gasteiger partial charge is 0.303 e. The monoisotopic (exact) mass is 651 g/mol. The highest BCUT2D eigenvalue weighted by Crippen LogP contribution is 2.52. The number of carboxylic acid groups (broad SMARTS) is 1. The van der Waals surface area contributed by atoms with Crippen LogP contribution < -0.4 is 11.5 Å². The zero-order chi connectivity index (χ0) is 36.8. The molecular weight excluding hydrogens is 590 g/mol. The minimum Gasteiger partial charge on any atom is -0.481 e. The van der Waals surface area contributed by atoms with E-state index < -0.39 is 5.97 Å². The van der Waals surface area contributed by atoms with Crippen LogP contribution in [0.2, 0.25) is 0 Å². The van der Waals surface area contributed by atoms with Crippen LogP contribution >= 0.6 is 0 Å². The number of nitrogens with zero attached hydrogens (tertiary/aromatic N) is 1. The summed E-state index contributed by atoms with van der Waals surface area (Å²) in [4.78, 5) is 17.0. The second kappa shape index (κ2) is 16.8. The predicted octanol–water partition coefficient (Wildman–Crippen LogP) is 10.9. The molecule has 0 radical (unpaired) electrons. The van der Waals surface area contributed by atoms with Gasteiger partial charge in [0.2, 0.25) is 0 Å². The van der Waals surface area contributed by atoms with Gasteiger partial charge in [-0.1, -0.05) is 76.3 Å². The molecule has 0 aromatic heterocycles. The van der Waals surface area contributed by atoms with Gasteiger partial charge in [0, 0.05) is 36.1 Å². The lowest BCUT2D eigenvalue weighted by Crippen LogP contribution is -2.15. The van der Waals surface area contributed by atoms with Gasteiger partial charge >= 0.3 is 5.97 Å². The van der Waals surface area contributed by atoms with Crippen molar-refractivity contribution >= 4 is 11.7 Å². The molecule has 1 aliphatic carbocycles. The van der Waals surface area contributed by atoms with Crippen LogP contribution in [-0.4, -0.2) is 16.8 Å². The van der Waals surface area contributed by atoms with Gasteiger partial charge in [0.1, 0.15) is 0 Å². The van der Waals surface area contributed by atoms with Crippen LogP contribution in [-0.2, 0) is 4.79 Å². The molecule has 5 heteroatoms. The fraction of sp³-hybridized carbons (Fsp3) is 0.442. The van der Waals surface area contributed by atoms with E-state index in [1.807, 2.05) is 20.8 Å². The van der Waals surface area contributed by atoms with Crippen LogP contribution in [0, 0.1) is 17.8 Å².